The predicted octanol–water partition coefficient (Wildman–Crippen LogP) is 1.07. The molecule has 0 aliphatic carbocycles. The number of rotatable bonds is 0. The minimum atomic E-state index is 0. The second kappa shape index (κ2) is 330. The summed E-state index contributed by atoms with van der Waals surface area (Å²) >= 11 is 0. The second-order valence-electron chi connectivity index (χ2n) is 0.224. The van der Waals surface area contributed by atoms with E-state index in [1.165, 1.54) is 0 Å². The summed E-state index contributed by atoms with van der Waals surface area (Å²) in [6.07, 6.45) is 0. The van der Waals surface area contributed by atoms with Gasteiger partial charge in [0.05, 0.1) is 0 Å². The zero-order valence-corrected chi connectivity index (χ0v) is 6.74. The zero-order valence-electron chi connectivity index (χ0n) is 5.00. The molecule has 0 aromatic heterocycles. The summed E-state index contributed by atoms with van der Waals surface area (Å²) in [5, 5.41) is 27.0. The van der Waals surface area contributed by atoms with Gasteiger partial charge in [-0.15, -0.1) is 16.0 Å². The molecule has 0 saturated carbocycles. The Balaban J connectivity index is -0.0000000179. The van der Waals surface area contributed by atoms with Crippen LogP contribution in [0, 0.1) is 35.3 Å². The fraction of sp³-hybridized carbons (Fsp3) is 0. The topological polar surface area (TPSA) is 197 Å². The Morgan fingerprint density at radius 1 is 0.750 bits per heavy atom. The minimum Gasteiger partial charge on any atom is -0.577 e. The molecule has 0 aromatic rings. The molecule has 12 heteroatoms. The Kier molecular flexibility index (Phi) is 865. The minimum absolute atomic E-state index is 0. The van der Waals surface area contributed by atoms with E-state index in [0.717, 1.165) is 16.0 Å². The monoisotopic (exact) mass is 270 g/mol. The molecule has 0 amide bonds. The molecule has 0 heterocycles. The van der Waals surface area contributed by atoms with Gasteiger partial charge in [0.25, 0.3) is 0 Å². The maximum absolute atomic E-state index is 8.00. The van der Waals surface area contributed by atoms with Crippen LogP contribution in [0.15, 0.2) is 16.0 Å². The van der Waals surface area contributed by atoms with Crippen molar-refractivity contribution >= 4 is 0 Å². The second-order valence-corrected chi connectivity index (χ2v) is 0.224. The van der Waals surface area contributed by atoms with Crippen LogP contribution in [-0.4, -0.2) is 0 Å². The van der Waals surface area contributed by atoms with Crippen LogP contribution in [0.5, 0.6) is 0 Å². The van der Waals surface area contributed by atoms with Crippen molar-refractivity contribution in [2.45, 2.75) is 0 Å². The van der Waals surface area contributed by atoms with E-state index < -0.39 is 0 Å². The van der Waals surface area contributed by atoms with Gasteiger partial charge in [0.1, 0.15) is 0 Å². The average Bonchev–Trinajstić information content (AvgIpc) is 1.96. The van der Waals surface area contributed by atoms with E-state index >= 15 is 0 Å². The molecule has 0 aromatic carbocycles. The van der Waals surface area contributed by atoms with E-state index in [0.29, 0.717) is 0 Å². The fourth-order valence-electron chi connectivity index (χ4n) is 0. The largest absolute Gasteiger partial charge is 1.00 e. The summed E-state index contributed by atoms with van der Waals surface area (Å²) in [6, 6.07) is 0. The van der Waals surface area contributed by atoms with Crippen molar-refractivity contribution in [1.82, 2.24) is 0 Å². The van der Waals surface area contributed by atoms with E-state index in [4.69, 9.17) is 40.8 Å². The third-order valence-corrected chi connectivity index (χ3v) is 0. The first-order chi connectivity index (χ1) is 5.24. The van der Waals surface area contributed by atoms with E-state index in [1.54, 1.807) is 0 Å². The van der Waals surface area contributed by atoms with Crippen molar-refractivity contribution in [3.8, 4) is 0 Å². The Morgan fingerprint density at radius 3 is 0.750 bits per heavy atom. The van der Waals surface area contributed by atoms with Gasteiger partial charge >= 0.3 is 19.5 Å². The van der Waals surface area contributed by atoms with Crippen LogP contribution in [0.1, 0.15) is 0 Å². The Labute approximate surface area is 77.1 Å². The van der Waals surface area contributed by atoms with E-state index in [9.17, 15) is 0 Å². The van der Waals surface area contributed by atoms with Crippen LogP contribution in [0.2, 0.25) is 0 Å². The van der Waals surface area contributed by atoms with Crippen molar-refractivity contribution in [3.63, 3.8) is 0 Å². The van der Waals surface area contributed by atoms with Crippen molar-refractivity contribution in [2.24, 2.45) is 16.0 Å². The molecule has 0 aliphatic rings. The Morgan fingerprint density at radius 2 is 0.750 bits per heavy atom. The SMILES string of the molecule is O=N[O-].O=N[O-].O=N[O-].[N-]=O.[Ru+]. The van der Waals surface area contributed by atoms with Gasteiger partial charge in [0.2, 0.25) is 0 Å². The molecule has 0 bridgehead atoms. The molecule has 73 valence electrons. The molecule has 0 fully saturated rings. The normalized spacial score (nSPS) is 3.33. The zero-order chi connectivity index (χ0) is 10.1. The number of hydrogen-bond donors (Lipinski definition) is 0. The van der Waals surface area contributed by atoms with Crippen molar-refractivity contribution in [1.29, 1.82) is 0 Å². The molecule has 0 aliphatic heterocycles. The molecule has 0 atom stereocenters. The van der Waals surface area contributed by atoms with Crippen LogP contribution < -0.4 is 0 Å². The summed E-state index contributed by atoms with van der Waals surface area (Å²) in [7, 11) is 0. The molecule has 0 rings (SSSR count). The summed E-state index contributed by atoms with van der Waals surface area (Å²) in [6.45, 7) is 0. The van der Waals surface area contributed by atoms with Gasteiger partial charge in [-0.1, -0.05) is 0 Å². The quantitative estimate of drug-likeness (QED) is 0.355. The van der Waals surface area contributed by atoms with E-state index in [2.05, 4.69) is 0 Å². The summed E-state index contributed by atoms with van der Waals surface area (Å²) < 4.78 is 0. The molecule has 12 heavy (non-hydrogen) atoms. The maximum atomic E-state index is 8.00. The standard InChI is InChI=1S/3HNO2.NO.Ru/c3*2-1-3;1-2;/h3*(H,2,3);;/q;;;-1;+1/p-3. The molecule has 11 nitrogen and oxygen atoms in total. The summed E-state index contributed by atoms with van der Waals surface area (Å²) in [5.41, 5.74) is 5.75. The Hall–Kier alpha value is -1.58. The van der Waals surface area contributed by atoms with Crippen LogP contribution >= 0.6 is 0 Å². The van der Waals surface area contributed by atoms with Crippen LogP contribution in [0.4, 0.5) is 0 Å². The van der Waals surface area contributed by atoms with Gasteiger partial charge in [-0.25, -0.2) is 0 Å². The molecule has 0 spiro atoms. The third kappa shape index (κ3) is 187. The maximum Gasteiger partial charge on any atom is 1.00 e. The molecule has 0 saturated heterocycles. The molecular weight excluding hydrogens is 269 g/mol. The Bertz CT molecular complexity index is 61.5. The number of hydrogen-bond acceptors (Lipinski definition) is 10. The molecular formula is N4O7Ru-3. The molecule has 0 unspecified atom stereocenters. The molecule has 0 N–H and O–H groups in total. The van der Waals surface area contributed by atoms with Crippen molar-refractivity contribution < 1.29 is 19.5 Å². The van der Waals surface area contributed by atoms with Crippen molar-refractivity contribution in [3.05, 3.63) is 40.8 Å². The van der Waals surface area contributed by atoms with Gasteiger partial charge < -0.3 is 40.8 Å². The fourth-order valence-corrected chi connectivity index (χ4v) is 0. The third-order valence-electron chi connectivity index (χ3n) is 0. The van der Waals surface area contributed by atoms with Crippen LogP contribution in [0.3, 0.4) is 0 Å². The number of nitrogens with zero attached hydrogens (tertiary/aromatic N) is 4. The average molecular weight is 269 g/mol. The van der Waals surface area contributed by atoms with Gasteiger partial charge in [-0.3, -0.25) is 0 Å². The van der Waals surface area contributed by atoms with Crippen molar-refractivity contribution in [2.75, 3.05) is 0 Å². The molecule has 1 radical (unpaired) electrons. The van der Waals surface area contributed by atoms with E-state index in [-0.39, 0.29) is 19.5 Å². The number of nitroso groups, excluding NO2 is 1. The first-order valence-electron chi connectivity index (χ1n) is 1.28. The smallest absolute Gasteiger partial charge is 0.577 e. The first kappa shape index (κ1) is 31.5. The van der Waals surface area contributed by atoms with E-state index in [1.807, 2.05) is 0 Å². The van der Waals surface area contributed by atoms with Gasteiger partial charge in [-0.2, -0.15) is 0 Å². The summed E-state index contributed by atoms with van der Waals surface area (Å²) in [4.78, 5) is 31.2. The predicted molar refractivity (Wildman–Crippen MR) is 34.2 cm³/mol. The van der Waals surface area contributed by atoms with Crippen LogP contribution in [-0.2, 0) is 19.5 Å². The van der Waals surface area contributed by atoms with Gasteiger partial charge in [0.15, 0.2) is 0 Å². The van der Waals surface area contributed by atoms with Gasteiger partial charge in [-0.05, 0) is 0 Å². The van der Waals surface area contributed by atoms with Crippen LogP contribution in [0.25, 0.3) is 5.59 Å². The first-order valence-corrected chi connectivity index (χ1v) is 1.28. The summed E-state index contributed by atoms with van der Waals surface area (Å²) in [5.74, 6) is 0. The van der Waals surface area contributed by atoms with Gasteiger partial charge in [0, 0.05) is 0 Å².